The van der Waals surface area contributed by atoms with E-state index in [0.717, 1.165) is 61.6 Å². The lowest BCUT2D eigenvalue weighted by molar-refractivity contribution is 1.14. The summed E-state index contributed by atoms with van der Waals surface area (Å²) in [6.07, 6.45) is 1.88. The van der Waals surface area contributed by atoms with E-state index in [1.54, 1.807) is 0 Å². The first-order chi connectivity index (χ1) is 27.8. The molecule has 4 heterocycles. The summed E-state index contributed by atoms with van der Waals surface area (Å²) in [4.78, 5) is 9.95. The lowest BCUT2D eigenvalue weighted by Crippen LogP contribution is -1.95. The van der Waals surface area contributed by atoms with Crippen molar-refractivity contribution in [3.05, 3.63) is 206 Å². The molecule has 11 aromatic rings. The van der Waals surface area contributed by atoms with Gasteiger partial charge in [0.15, 0.2) is 0 Å². The molecule has 4 aromatic heterocycles. The van der Waals surface area contributed by atoms with Gasteiger partial charge in [0.1, 0.15) is 5.65 Å². The number of para-hydroxylation sites is 2. The molecule has 262 valence electrons. The number of pyridine rings is 2. The predicted molar refractivity (Wildman–Crippen MR) is 232 cm³/mol. The molecule has 0 N–H and O–H groups in total. The molecule has 0 saturated heterocycles. The van der Waals surface area contributed by atoms with E-state index in [9.17, 15) is 0 Å². The van der Waals surface area contributed by atoms with E-state index < -0.39 is 0 Å². The molecule has 0 bridgehead atoms. The first kappa shape index (κ1) is 31.9. The molecule has 0 amide bonds. The second-order valence-electron chi connectivity index (χ2n) is 14.3. The van der Waals surface area contributed by atoms with Crippen LogP contribution in [-0.2, 0) is 0 Å². The standard InChI is InChI=1S/C52H34N4/c1-4-14-35(15-5-1)47-32-40(33-48(54-47)36-16-6-2-7-17-36)37-18-12-21-42(30-37)55-49-24-11-10-22-43(49)46-31-38(26-28-50(46)55)39-25-27-44-45-23-13-29-53-52(45)56(51(44)34-39)41-19-8-3-9-20-41/h1-34H. The number of rotatable bonds is 6. The normalized spacial score (nSPS) is 11.6. The largest absolute Gasteiger partial charge is 0.309 e. The summed E-state index contributed by atoms with van der Waals surface area (Å²) in [5, 5.41) is 4.79. The fraction of sp³-hybridized carbons (Fsp3) is 0. The van der Waals surface area contributed by atoms with Crippen LogP contribution in [0.15, 0.2) is 206 Å². The number of hydrogen-bond acceptors (Lipinski definition) is 2. The molecule has 0 atom stereocenters. The molecule has 0 aliphatic rings. The van der Waals surface area contributed by atoms with Crippen molar-refractivity contribution in [1.29, 1.82) is 0 Å². The smallest absolute Gasteiger partial charge is 0.145 e. The minimum Gasteiger partial charge on any atom is -0.309 e. The number of benzene rings is 7. The monoisotopic (exact) mass is 714 g/mol. The first-order valence-corrected chi connectivity index (χ1v) is 19.0. The van der Waals surface area contributed by atoms with Crippen molar-refractivity contribution in [1.82, 2.24) is 19.1 Å². The Kier molecular flexibility index (Phi) is 7.46. The Labute approximate surface area is 324 Å². The van der Waals surface area contributed by atoms with Crippen LogP contribution in [0.2, 0.25) is 0 Å². The van der Waals surface area contributed by atoms with Gasteiger partial charge in [0.2, 0.25) is 0 Å². The Bertz CT molecular complexity index is 3170. The van der Waals surface area contributed by atoms with E-state index in [-0.39, 0.29) is 0 Å². The Balaban J connectivity index is 1.06. The highest BCUT2D eigenvalue weighted by Crippen LogP contribution is 2.39. The van der Waals surface area contributed by atoms with Crippen LogP contribution in [-0.4, -0.2) is 19.1 Å². The van der Waals surface area contributed by atoms with E-state index in [1.807, 2.05) is 24.4 Å². The van der Waals surface area contributed by atoms with Crippen LogP contribution in [0.5, 0.6) is 0 Å². The summed E-state index contributed by atoms with van der Waals surface area (Å²) >= 11 is 0. The van der Waals surface area contributed by atoms with Crippen molar-refractivity contribution in [3.63, 3.8) is 0 Å². The molecular formula is C52H34N4. The van der Waals surface area contributed by atoms with Crippen molar-refractivity contribution < 1.29 is 0 Å². The second kappa shape index (κ2) is 13.1. The van der Waals surface area contributed by atoms with Gasteiger partial charge in [0.25, 0.3) is 0 Å². The van der Waals surface area contributed by atoms with Crippen LogP contribution >= 0.6 is 0 Å². The van der Waals surface area contributed by atoms with Crippen LogP contribution in [0.3, 0.4) is 0 Å². The summed E-state index contributed by atoms with van der Waals surface area (Å²) < 4.78 is 4.68. The third-order valence-corrected chi connectivity index (χ3v) is 10.9. The fourth-order valence-electron chi connectivity index (χ4n) is 8.33. The molecule has 0 unspecified atom stereocenters. The number of fused-ring (bicyclic) bond motifs is 6. The van der Waals surface area contributed by atoms with E-state index in [1.165, 1.54) is 38.3 Å². The van der Waals surface area contributed by atoms with Gasteiger partial charge in [-0.05, 0) is 95.1 Å². The average Bonchev–Trinajstić information content (AvgIpc) is 3.79. The van der Waals surface area contributed by atoms with Crippen LogP contribution in [0.25, 0.3) is 99.9 Å². The highest BCUT2D eigenvalue weighted by Gasteiger charge is 2.17. The summed E-state index contributed by atoms with van der Waals surface area (Å²) in [5.74, 6) is 0. The van der Waals surface area contributed by atoms with Gasteiger partial charge < -0.3 is 4.57 Å². The molecule has 0 fully saturated rings. The minimum atomic E-state index is 0.954. The zero-order chi connectivity index (χ0) is 37.0. The molecule has 4 heteroatoms. The maximum Gasteiger partial charge on any atom is 0.145 e. The molecule has 0 spiro atoms. The van der Waals surface area contributed by atoms with Crippen molar-refractivity contribution in [2.24, 2.45) is 0 Å². The van der Waals surface area contributed by atoms with E-state index >= 15 is 0 Å². The zero-order valence-corrected chi connectivity index (χ0v) is 30.4. The van der Waals surface area contributed by atoms with E-state index in [4.69, 9.17) is 9.97 Å². The van der Waals surface area contributed by atoms with Gasteiger partial charge in [-0.2, -0.15) is 0 Å². The van der Waals surface area contributed by atoms with Gasteiger partial charge in [-0.1, -0.05) is 127 Å². The second-order valence-corrected chi connectivity index (χ2v) is 14.3. The average molecular weight is 715 g/mol. The predicted octanol–water partition coefficient (Wildman–Crippen LogP) is 13.3. The maximum absolute atomic E-state index is 5.12. The minimum absolute atomic E-state index is 0.954. The summed E-state index contributed by atoms with van der Waals surface area (Å²) in [6, 6.07) is 71.4. The van der Waals surface area contributed by atoms with Gasteiger partial charge in [-0.3, -0.25) is 4.57 Å². The van der Waals surface area contributed by atoms with Gasteiger partial charge in [0.05, 0.1) is 27.9 Å². The molecule has 0 aliphatic heterocycles. The van der Waals surface area contributed by atoms with Gasteiger partial charge in [-0.25, -0.2) is 9.97 Å². The molecule has 11 rings (SSSR count). The highest BCUT2D eigenvalue weighted by atomic mass is 15.0. The van der Waals surface area contributed by atoms with Gasteiger partial charge >= 0.3 is 0 Å². The van der Waals surface area contributed by atoms with Gasteiger partial charge in [-0.15, -0.1) is 0 Å². The maximum atomic E-state index is 5.12. The van der Waals surface area contributed by atoms with Crippen LogP contribution in [0.1, 0.15) is 0 Å². The number of hydrogen-bond donors (Lipinski definition) is 0. The first-order valence-electron chi connectivity index (χ1n) is 19.0. The van der Waals surface area contributed by atoms with Gasteiger partial charge in [0, 0.05) is 50.2 Å². The molecule has 4 nitrogen and oxygen atoms in total. The summed E-state index contributed by atoms with van der Waals surface area (Å²) in [5.41, 5.74) is 15.4. The Morgan fingerprint density at radius 1 is 0.304 bits per heavy atom. The third-order valence-electron chi connectivity index (χ3n) is 10.9. The molecule has 7 aromatic carbocycles. The number of aromatic nitrogens is 4. The Hall–Kier alpha value is -7.56. The highest BCUT2D eigenvalue weighted by molar-refractivity contribution is 6.12. The van der Waals surface area contributed by atoms with Crippen molar-refractivity contribution in [2.45, 2.75) is 0 Å². The molecule has 0 saturated carbocycles. The SMILES string of the molecule is c1ccc(-c2cc(-c3cccc(-n4c5ccccc5c5cc(-c6ccc7c8cccnc8n(-c8ccccc8)c7c6)ccc54)c3)cc(-c3ccccc3)n2)cc1. The summed E-state index contributed by atoms with van der Waals surface area (Å²) in [7, 11) is 0. The Morgan fingerprint density at radius 2 is 0.875 bits per heavy atom. The van der Waals surface area contributed by atoms with Crippen LogP contribution in [0, 0.1) is 0 Å². The molecule has 0 aliphatic carbocycles. The van der Waals surface area contributed by atoms with Crippen molar-refractivity contribution >= 4 is 43.7 Å². The lowest BCUT2D eigenvalue weighted by Gasteiger charge is -2.13. The quantitative estimate of drug-likeness (QED) is 0.172. The van der Waals surface area contributed by atoms with Crippen molar-refractivity contribution in [3.8, 4) is 56.1 Å². The number of nitrogens with zero attached hydrogens (tertiary/aromatic N) is 4. The van der Waals surface area contributed by atoms with Crippen LogP contribution < -0.4 is 0 Å². The molecular weight excluding hydrogens is 681 g/mol. The van der Waals surface area contributed by atoms with Crippen LogP contribution in [0.4, 0.5) is 0 Å². The Morgan fingerprint density at radius 3 is 1.64 bits per heavy atom. The fourth-order valence-corrected chi connectivity index (χ4v) is 8.33. The zero-order valence-electron chi connectivity index (χ0n) is 30.4. The topological polar surface area (TPSA) is 35.6 Å². The molecule has 0 radical (unpaired) electrons. The molecule has 56 heavy (non-hydrogen) atoms. The summed E-state index contributed by atoms with van der Waals surface area (Å²) in [6.45, 7) is 0. The third kappa shape index (κ3) is 5.31. The van der Waals surface area contributed by atoms with E-state index in [2.05, 4.69) is 191 Å². The lowest BCUT2D eigenvalue weighted by atomic mass is 9.99. The van der Waals surface area contributed by atoms with E-state index in [0.29, 0.717) is 0 Å². The van der Waals surface area contributed by atoms with Crippen molar-refractivity contribution in [2.75, 3.05) is 0 Å².